The van der Waals surface area contributed by atoms with Gasteiger partial charge in [0.1, 0.15) is 0 Å². The fourth-order valence-corrected chi connectivity index (χ4v) is 1.76. The highest BCUT2D eigenvalue weighted by Crippen LogP contribution is 2.08. The van der Waals surface area contributed by atoms with Crippen molar-refractivity contribution >= 4 is 23.2 Å². The van der Waals surface area contributed by atoms with Gasteiger partial charge in [0.15, 0.2) is 0 Å². The van der Waals surface area contributed by atoms with E-state index in [0.717, 1.165) is 0 Å². The number of carbonyl (C=O) groups is 2. The monoisotopic (exact) mass is 227 g/mol. The number of hydrogen-bond donors (Lipinski definition) is 2. The predicted octanol–water partition coefficient (Wildman–Crippen LogP) is 1.59. The smallest absolute Gasteiger partial charge is 0.308 e. The van der Waals surface area contributed by atoms with Gasteiger partial charge in [-0.05, 0) is 17.9 Å². The van der Waals surface area contributed by atoms with Gasteiger partial charge in [0.05, 0.1) is 10.8 Å². The molecule has 2 N–H and O–H groups in total. The lowest BCUT2D eigenvalue weighted by molar-refractivity contribution is -0.141. The molecule has 0 bridgehead atoms. The maximum absolute atomic E-state index is 11.5. The Kier molecular flexibility index (Phi) is 4.30. The summed E-state index contributed by atoms with van der Waals surface area (Å²) in [5.74, 6) is -1.58. The van der Waals surface area contributed by atoms with Gasteiger partial charge in [-0.15, -0.1) is 11.3 Å². The highest BCUT2D eigenvalue weighted by atomic mass is 32.1. The summed E-state index contributed by atoms with van der Waals surface area (Å²) >= 11 is 1.34. The molecule has 1 unspecified atom stereocenters. The van der Waals surface area contributed by atoms with Crippen LogP contribution in [0.4, 0.5) is 0 Å². The first kappa shape index (κ1) is 11.7. The highest BCUT2D eigenvalue weighted by Gasteiger charge is 2.16. The SMILES string of the molecule is CCC(CNC(=O)c1cccs1)C(=O)O. The second-order valence-corrected chi connectivity index (χ2v) is 4.08. The summed E-state index contributed by atoms with van der Waals surface area (Å²) < 4.78 is 0. The van der Waals surface area contributed by atoms with E-state index < -0.39 is 11.9 Å². The van der Waals surface area contributed by atoms with E-state index in [1.807, 2.05) is 5.38 Å². The number of thiophene rings is 1. The normalized spacial score (nSPS) is 12.1. The second kappa shape index (κ2) is 5.50. The molecular formula is C10H13NO3S. The summed E-state index contributed by atoms with van der Waals surface area (Å²) in [4.78, 5) is 22.7. The molecule has 5 heteroatoms. The molecule has 0 radical (unpaired) electrons. The third kappa shape index (κ3) is 3.36. The zero-order valence-electron chi connectivity index (χ0n) is 8.40. The molecule has 0 fully saturated rings. The number of carbonyl (C=O) groups excluding carboxylic acids is 1. The third-order valence-electron chi connectivity index (χ3n) is 2.10. The second-order valence-electron chi connectivity index (χ2n) is 3.13. The first-order valence-corrected chi connectivity index (χ1v) is 5.57. The van der Waals surface area contributed by atoms with Crippen molar-refractivity contribution < 1.29 is 14.7 Å². The lowest BCUT2D eigenvalue weighted by Gasteiger charge is -2.09. The van der Waals surface area contributed by atoms with Gasteiger partial charge in [0.2, 0.25) is 0 Å². The van der Waals surface area contributed by atoms with Crippen LogP contribution >= 0.6 is 11.3 Å². The van der Waals surface area contributed by atoms with E-state index in [0.29, 0.717) is 11.3 Å². The van der Waals surface area contributed by atoms with Crippen LogP contribution in [0.25, 0.3) is 0 Å². The van der Waals surface area contributed by atoms with Crippen molar-refractivity contribution in [1.82, 2.24) is 5.32 Å². The zero-order chi connectivity index (χ0) is 11.3. The number of amides is 1. The van der Waals surface area contributed by atoms with Crippen LogP contribution in [-0.2, 0) is 4.79 Å². The number of carboxylic acid groups (broad SMARTS) is 1. The van der Waals surface area contributed by atoms with Crippen LogP contribution in [0.2, 0.25) is 0 Å². The highest BCUT2D eigenvalue weighted by molar-refractivity contribution is 7.12. The maximum Gasteiger partial charge on any atom is 0.308 e. The topological polar surface area (TPSA) is 66.4 Å². The lowest BCUT2D eigenvalue weighted by atomic mass is 10.1. The van der Waals surface area contributed by atoms with E-state index in [4.69, 9.17) is 5.11 Å². The average molecular weight is 227 g/mol. The van der Waals surface area contributed by atoms with Crippen molar-refractivity contribution in [2.24, 2.45) is 5.92 Å². The number of rotatable bonds is 5. The molecule has 1 aromatic heterocycles. The molecule has 4 nitrogen and oxygen atoms in total. The number of aliphatic carboxylic acids is 1. The Bertz CT molecular complexity index is 334. The van der Waals surface area contributed by atoms with Gasteiger partial charge in [-0.2, -0.15) is 0 Å². The molecule has 1 rings (SSSR count). The molecule has 1 amide bonds. The molecule has 0 saturated heterocycles. The van der Waals surface area contributed by atoms with Crippen LogP contribution in [0.3, 0.4) is 0 Å². The number of carboxylic acids is 1. The molecule has 0 aliphatic carbocycles. The maximum atomic E-state index is 11.5. The van der Waals surface area contributed by atoms with Crippen LogP contribution < -0.4 is 5.32 Å². The van der Waals surface area contributed by atoms with Gasteiger partial charge in [-0.1, -0.05) is 13.0 Å². The summed E-state index contributed by atoms with van der Waals surface area (Å²) in [5, 5.41) is 13.2. The van der Waals surface area contributed by atoms with Gasteiger partial charge >= 0.3 is 5.97 Å². The Morgan fingerprint density at radius 3 is 2.80 bits per heavy atom. The molecular weight excluding hydrogens is 214 g/mol. The van der Waals surface area contributed by atoms with Gasteiger partial charge in [-0.25, -0.2) is 0 Å². The largest absolute Gasteiger partial charge is 0.481 e. The van der Waals surface area contributed by atoms with Gasteiger partial charge in [-0.3, -0.25) is 9.59 Å². The molecule has 15 heavy (non-hydrogen) atoms. The Morgan fingerprint density at radius 2 is 2.33 bits per heavy atom. The molecule has 1 aromatic rings. The minimum atomic E-state index is -0.871. The van der Waals surface area contributed by atoms with Crippen LogP contribution in [0.1, 0.15) is 23.0 Å². The summed E-state index contributed by atoms with van der Waals surface area (Å²) in [6, 6.07) is 3.50. The Hall–Kier alpha value is -1.36. The third-order valence-corrected chi connectivity index (χ3v) is 2.96. The van der Waals surface area contributed by atoms with Crippen molar-refractivity contribution in [2.75, 3.05) is 6.54 Å². The average Bonchev–Trinajstić information content (AvgIpc) is 2.70. The lowest BCUT2D eigenvalue weighted by Crippen LogP contribution is -2.32. The van der Waals surface area contributed by atoms with Crippen LogP contribution in [0, 0.1) is 5.92 Å². The molecule has 0 aliphatic heterocycles. The molecule has 0 aliphatic rings. The fraction of sp³-hybridized carbons (Fsp3) is 0.400. The Labute approximate surface area is 91.9 Å². The van der Waals surface area contributed by atoms with Gasteiger partial charge in [0.25, 0.3) is 5.91 Å². The van der Waals surface area contributed by atoms with Crippen molar-refractivity contribution in [2.45, 2.75) is 13.3 Å². The van der Waals surface area contributed by atoms with Crippen LogP contribution in [0.5, 0.6) is 0 Å². The van der Waals surface area contributed by atoms with Gasteiger partial charge in [0, 0.05) is 6.54 Å². The zero-order valence-corrected chi connectivity index (χ0v) is 9.21. The summed E-state index contributed by atoms with van der Waals surface area (Å²) in [5.41, 5.74) is 0. The van der Waals surface area contributed by atoms with E-state index in [1.54, 1.807) is 19.1 Å². The van der Waals surface area contributed by atoms with Gasteiger partial charge < -0.3 is 10.4 Å². The Balaban J connectivity index is 2.43. The predicted molar refractivity (Wildman–Crippen MR) is 58.1 cm³/mol. The van der Waals surface area contributed by atoms with E-state index in [1.165, 1.54) is 11.3 Å². The van der Waals surface area contributed by atoms with Crippen molar-refractivity contribution in [3.8, 4) is 0 Å². The molecule has 0 aromatic carbocycles. The quantitative estimate of drug-likeness (QED) is 0.802. The van der Waals surface area contributed by atoms with Crippen molar-refractivity contribution in [3.05, 3.63) is 22.4 Å². The van der Waals surface area contributed by atoms with E-state index in [9.17, 15) is 9.59 Å². The molecule has 1 heterocycles. The minimum Gasteiger partial charge on any atom is -0.481 e. The number of hydrogen-bond acceptors (Lipinski definition) is 3. The van der Waals surface area contributed by atoms with Crippen LogP contribution in [-0.4, -0.2) is 23.5 Å². The summed E-state index contributed by atoms with van der Waals surface area (Å²) in [6.45, 7) is 1.97. The standard InChI is InChI=1S/C10H13NO3S/c1-2-7(10(13)14)6-11-9(12)8-4-3-5-15-8/h3-5,7H,2,6H2,1H3,(H,11,12)(H,13,14). The Morgan fingerprint density at radius 1 is 1.60 bits per heavy atom. The molecule has 0 spiro atoms. The summed E-state index contributed by atoms with van der Waals surface area (Å²) in [7, 11) is 0. The minimum absolute atomic E-state index is 0.183. The molecule has 1 atom stereocenters. The molecule has 82 valence electrons. The summed E-state index contributed by atoms with van der Waals surface area (Å²) in [6.07, 6.45) is 0.514. The van der Waals surface area contributed by atoms with Crippen LogP contribution in [0.15, 0.2) is 17.5 Å². The first-order chi connectivity index (χ1) is 7.15. The first-order valence-electron chi connectivity index (χ1n) is 4.69. The molecule has 0 saturated carbocycles. The van der Waals surface area contributed by atoms with Crippen molar-refractivity contribution in [1.29, 1.82) is 0 Å². The van der Waals surface area contributed by atoms with E-state index >= 15 is 0 Å². The van der Waals surface area contributed by atoms with E-state index in [2.05, 4.69) is 5.32 Å². The fourth-order valence-electron chi connectivity index (χ4n) is 1.12. The van der Waals surface area contributed by atoms with E-state index in [-0.39, 0.29) is 12.5 Å². The number of nitrogens with one attached hydrogen (secondary N) is 1. The van der Waals surface area contributed by atoms with Crippen molar-refractivity contribution in [3.63, 3.8) is 0 Å².